The number of carbonyl (C=O) groups excluding carboxylic acids is 1. The fourth-order valence-corrected chi connectivity index (χ4v) is 1.93. The summed E-state index contributed by atoms with van der Waals surface area (Å²) in [6, 6.07) is 10.3. The first-order valence-corrected chi connectivity index (χ1v) is 8.19. The Morgan fingerprint density at radius 2 is 1.88 bits per heavy atom. The maximum absolute atomic E-state index is 11.8. The third-order valence-corrected chi connectivity index (χ3v) is 3.36. The van der Waals surface area contributed by atoms with Gasteiger partial charge < -0.3 is 14.2 Å². The zero-order valence-corrected chi connectivity index (χ0v) is 14.5. The predicted octanol–water partition coefficient (Wildman–Crippen LogP) is 4.64. The second-order valence-electron chi connectivity index (χ2n) is 5.17. The van der Waals surface area contributed by atoms with Crippen molar-refractivity contribution < 1.29 is 19.0 Å². The van der Waals surface area contributed by atoms with Crippen LogP contribution in [0, 0.1) is 0 Å². The summed E-state index contributed by atoms with van der Waals surface area (Å²) in [6.07, 6.45) is 2.68. The van der Waals surface area contributed by atoms with Gasteiger partial charge in [-0.1, -0.05) is 24.9 Å². The molecule has 6 heteroatoms. The molecule has 0 aliphatic carbocycles. The minimum atomic E-state index is -0.661. The number of pyridine rings is 1. The molecule has 0 spiro atoms. The van der Waals surface area contributed by atoms with Crippen LogP contribution in [0.1, 0.15) is 26.7 Å². The molecule has 0 N–H and O–H groups in total. The average molecular weight is 350 g/mol. The third kappa shape index (κ3) is 5.74. The van der Waals surface area contributed by atoms with Gasteiger partial charge in [0.05, 0.1) is 11.6 Å². The van der Waals surface area contributed by atoms with Crippen LogP contribution in [0.15, 0.2) is 42.6 Å². The van der Waals surface area contributed by atoms with Crippen molar-refractivity contribution in [3.63, 3.8) is 0 Å². The summed E-state index contributed by atoms with van der Waals surface area (Å²) in [5.74, 6) is 1.25. The molecule has 0 saturated carbocycles. The van der Waals surface area contributed by atoms with Gasteiger partial charge in [-0.25, -0.2) is 9.78 Å². The van der Waals surface area contributed by atoms with Gasteiger partial charge in [0.25, 0.3) is 0 Å². The summed E-state index contributed by atoms with van der Waals surface area (Å²) in [6.45, 7) is 4.12. The van der Waals surface area contributed by atoms with Gasteiger partial charge in [-0.05, 0) is 43.7 Å². The first kappa shape index (κ1) is 18.1. The zero-order chi connectivity index (χ0) is 17.4. The molecule has 5 nitrogen and oxygen atoms in total. The van der Waals surface area contributed by atoms with Crippen molar-refractivity contribution in [1.82, 2.24) is 4.98 Å². The van der Waals surface area contributed by atoms with Crippen molar-refractivity contribution in [2.45, 2.75) is 32.8 Å². The van der Waals surface area contributed by atoms with Crippen LogP contribution >= 0.6 is 11.6 Å². The molecule has 1 heterocycles. The number of benzene rings is 1. The number of hydrogen-bond donors (Lipinski definition) is 0. The third-order valence-electron chi connectivity index (χ3n) is 3.13. The average Bonchev–Trinajstić information content (AvgIpc) is 2.58. The van der Waals surface area contributed by atoms with E-state index in [9.17, 15) is 4.79 Å². The molecule has 2 rings (SSSR count). The Kier molecular flexibility index (Phi) is 6.88. The van der Waals surface area contributed by atoms with Crippen molar-refractivity contribution in [3.8, 4) is 17.4 Å². The fourth-order valence-electron chi connectivity index (χ4n) is 1.82. The minimum Gasteiger partial charge on any atom is -0.479 e. The van der Waals surface area contributed by atoms with Crippen molar-refractivity contribution >= 4 is 17.6 Å². The molecule has 0 fully saturated rings. The Morgan fingerprint density at radius 3 is 2.50 bits per heavy atom. The fraction of sp³-hybridized carbons (Fsp3) is 0.333. The van der Waals surface area contributed by atoms with Crippen LogP contribution < -0.4 is 9.47 Å². The van der Waals surface area contributed by atoms with E-state index in [0.717, 1.165) is 12.8 Å². The maximum atomic E-state index is 11.8. The molecule has 0 bridgehead atoms. The molecular formula is C18H20ClNO4. The second-order valence-corrected chi connectivity index (χ2v) is 5.61. The van der Waals surface area contributed by atoms with Crippen LogP contribution in [0.2, 0.25) is 5.02 Å². The van der Waals surface area contributed by atoms with Crippen LogP contribution in [0.25, 0.3) is 0 Å². The molecule has 0 radical (unpaired) electrons. The van der Waals surface area contributed by atoms with Gasteiger partial charge >= 0.3 is 5.97 Å². The van der Waals surface area contributed by atoms with Gasteiger partial charge in [0.1, 0.15) is 11.5 Å². The van der Waals surface area contributed by atoms with E-state index in [1.165, 1.54) is 6.20 Å². The molecule has 0 amide bonds. The van der Waals surface area contributed by atoms with E-state index in [1.54, 1.807) is 43.3 Å². The van der Waals surface area contributed by atoms with Gasteiger partial charge in [0.2, 0.25) is 5.88 Å². The monoisotopic (exact) mass is 349 g/mol. The summed E-state index contributed by atoms with van der Waals surface area (Å²) in [5, 5.41) is 0.547. The molecule has 2 aromatic rings. The van der Waals surface area contributed by atoms with E-state index in [4.69, 9.17) is 25.8 Å². The van der Waals surface area contributed by atoms with E-state index in [-0.39, 0.29) is 5.97 Å². The van der Waals surface area contributed by atoms with Crippen LogP contribution in [0.3, 0.4) is 0 Å². The topological polar surface area (TPSA) is 57.7 Å². The number of unbranched alkanes of at least 4 members (excludes halogenated alkanes) is 1. The molecule has 0 saturated heterocycles. The largest absolute Gasteiger partial charge is 0.479 e. The van der Waals surface area contributed by atoms with Gasteiger partial charge in [0, 0.05) is 12.3 Å². The highest BCUT2D eigenvalue weighted by Gasteiger charge is 2.16. The highest BCUT2D eigenvalue weighted by molar-refractivity contribution is 6.30. The van der Waals surface area contributed by atoms with Crippen LogP contribution in [-0.4, -0.2) is 23.7 Å². The standard InChI is InChI=1S/C18H20ClNO4/c1-3-4-11-22-18(21)13(2)23-15-6-8-16(9-7-15)24-17-10-5-14(19)12-20-17/h5-10,12-13H,3-4,11H2,1-2H3. The second kappa shape index (κ2) is 9.13. The smallest absolute Gasteiger partial charge is 0.347 e. The first-order chi connectivity index (χ1) is 11.6. The molecule has 1 aromatic heterocycles. The van der Waals surface area contributed by atoms with Gasteiger partial charge in [-0.2, -0.15) is 0 Å². The minimum absolute atomic E-state index is 0.367. The molecule has 24 heavy (non-hydrogen) atoms. The van der Waals surface area contributed by atoms with E-state index >= 15 is 0 Å². The van der Waals surface area contributed by atoms with E-state index in [1.807, 2.05) is 6.92 Å². The molecule has 1 unspecified atom stereocenters. The number of rotatable bonds is 8. The van der Waals surface area contributed by atoms with E-state index < -0.39 is 6.10 Å². The van der Waals surface area contributed by atoms with E-state index in [0.29, 0.717) is 29.0 Å². The SMILES string of the molecule is CCCCOC(=O)C(C)Oc1ccc(Oc2ccc(Cl)cn2)cc1. The Balaban J connectivity index is 1.87. The lowest BCUT2D eigenvalue weighted by Crippen LogP contribution is -2.26. The summed E-state index contributed by atoms with van der Waals surface area (Å²) in [5.41, 5.74) is 0. The van der Waals surface area contributed by atoms with Crippen LogP contribution in [0.5, 0.6) is 17.4 Å². The number of nitrogens with zero attached hydrogens (tertiary/aromatic N) is 1. The first-order valence-electron chi connectivity index (χ1n) is 7.81. The Hall–Kier alpha value is -2.27. The predicted molar refractivity (Wildman–Crippen MR) is 91.7 cm³/mol. The maximum Gasteiger partial charge on any atom is 0.347 e. The van der Waals surface area contributed by atoms with Crippen LogP contribution in [-0.2, 0) is 9.53 Å². The highest BCUT2D eigenvalue weighted by atomic mass is 35.5. The van der Waals surface area contributed by atoms with Crippen molar-refractivity contribution in [2.24, 2.45) is 0 Å². The summed E-state index contributed by atoms with van der Waals surface area (Å²) in [4.78, 5) is 15.8. The lowest BCUT2D eigenvalue weighted by atomic mass is 10.3. The quantitative estimate of drug-likeness (QED) is 0.513. The number of aromatic nitrogens is 1. The molecular weight excluding hydrogens is 330 g/mol. The number of esters is 1. The Labute approximate surface area is 146 Å². The Bertz CT molecular complexity index is 643. The summed E-state index contributed by atoms with van der Waals surface area (Å²) in [7, 11) is 0. The van der Waals surface area contributed by atoms with Crippen molar-refractivity contribution in [2.75, 3.05) is 6.61 Å². The van der Waals surface area contributed by atoms with Crippen molar-refractivity contribution in [1.29, 1.82) is 0 Å². The summed E-state index contributed by atoms with van der Waals surface area (Å²) < 4.78 is 16.3. The summed E-state index contributed by atoms with van der Waals surface area (Å²) >= 11 is 5.78. The lowest BCUT2D eigenvalue weighted by Gasteiger charge is -2.14. The van der Waals surface area contributed by atoms with Gasteiger partial charge in [-0.15, -0.1) is 0 Å². The highest BCUT2D eigenvalue weighted by Crippen LogP contribution is 2.23. The number of halogens is 1. The lowest BCUT2D eigenvalue weighted by molar-refractivity contribution is -0.151. The zero-order valence-electron chi connectivity index (χ0n) is 13.7. The normalized spacial score (nSPS) is 11.6. The number of carbonyl (C=O) groups is 1. The number of ether oxygens (including phenoxy) is 3. The molecule has 0 aliphatic rings. The van der Waals surface area contributed by atoms with Gasteiger partial charge in [0.15, 0.2) is 6.10 Å². The van der Waals surface area contributed by atoms with Crippen molar-refractivity contribution in [3.05, 3.63) is 47.6 Å². The molecule has 128 valence electrons. The molecule has 0 aliphatic heterocycles. The molecule has 1 atom stereocenters. The van der Waals surface area contributed by atoms with Crippen LogP contribution in [0.4, 0.5) is 0 Å². The Morgan fingerprint density at radius 1 is 1.17 bits per heavy atom. The van der Waals surface area contributed by atoms with Gasteiger partial charge in [-0.3, -0.25) is 0 Å². The number of hydrogen-bond acceptors (Lipinski definition) is 5. The van der Waals surface area contributed by atoms with E-state index in [2.05, 4.69) is 4.98 Å². The molecule has 1 aromatic carbocycles.